The van der Waals surface area contributed by atoms with Gasteiger partial charge in [0.2, 0.25) is 5.82 Å². The highest BCUT2D eigenvalue weighted by Crippen LogP contribution is 2.18. The van der Waals surface area contributed by atoms with Crippen molar-refractivity contribution in [1.29, 1.82) is 5.41 Å². The second-order valence-electron chi connectivity index (χ2n) is 10.1. The van der Waals surface area contributed by atoms with Gasteiger partial charge in [0.05, 0.1) is 16.0 Å². The van der Waals surface area contributed by atoms with Crippen LogP contribution in [-0.2, 0) is 33.0 Å². The Balaban J connectivity index is 1.38. The van der Waals surface area contributed by atoms with Crippen LogP contribution in [0.5, 0.6) is 0 Å². The lowest BCUT2D eigenvalue weighted by Gasteiger charge is -2.03. The van der Waals surface area contributed by atoms with Crippen LogP contribution in [0.25, 0.3) is 0 Å². The van der Waals surface area contributed by atoms with E-state index in [1.807, 2.05) is 0 Å². The van der Waals surface area contributed by atoms with Crippen LogP contribution in [0.2, 0.25) is 0 Å². The molecule has 0 aliphatic heterocycles. The molecule has 0 atom stereocenters. The van der Waals surface area contributed by atoms with Crippen LogP contribution in [0, 0.1) is 5.41 Å². The van der Waals surface area contributed by atoms with E-state index in [4.69, 9.17) is 11.1 Å². The molecule has 0 saturated heterocycles. The molecule has 4 aromatic rings. The van der Waals surface area contributed by atoms with Crippen molar-refractivity contribution in [2.75, 3.05) is 27.8 Å². The molecule has 4 aromatic heterocycles. The molecular weight excluding hydrogens is 680 g/mol. The summed E-state index contributed by atoms with van der Waals surface area (Å²) in [7, 11) is 6.23. The standard InChI is InChI=1S/C27H31BrN14O5/c1-13(28)23(43)36-21-12-40(3)22(33-21)27(47)32-14-8-15(39(2)11-14)25(45)34-20-10-17(42(5)38-20)26(46)35-19-9-16(41(4)37-19)24(44)31-7-6-18(29)30/h8-12H,1,6-7H2,2-5H3,(H3,29,30)(H,31,44)(H,32,47)(H,36,43)(H,34,38,45)(H,35,37,46). The molecule has 4 rings (SSSR count). The zero-order chi connectivity index (χ0) is 34.6. The summed E-state index contributed by atoms with van der Waals surface area (Å²) in [5.74, 6) is -2.44. The third-order valence-electron chi connectivity index (χ3n) is 6.45. The lowest BCUT2D eigenvalue weighted by molar-refractivity contribution is -0.112. The minimum absolute atomic E-state index is 0.00416. The van der Waals surface area contributed by atoms with E-state index in [1.165, 1.54) is 63.2 Å². The highest BCUT2D eigenvalue weighted by atomic mass is 79.9. The molecule has 0 fully saturated rings. The molecule has 47 heavy (non-hydrogen) atoms. The molecule has 0 spiro atoms. The first-order valence-corrected chi connectivity index (χ1v) is 14.4. The van der Waals surface area contributed by atoms with E-state index < -0.39 is 29.5 Å². The first-order chi connectivity index (χ1) is 22.1. The van der Waals surface area contributed by atoms with E-state index in [0.29, 0.717) is 5.69 Å². The van der Waals surface area contributed by atoms with Crippen LogP contribution in [-0.4, -0.2) is 75.6 Å². The van der Waals surface area contributed by atoms with Gasteiger partial charge in [-0.2, -0.15) is 10.2 Å². The van der Waals surface area contributed by atoms with E-state index in [0.717, 1.165) is 0 Å². The topological polar surface area (TPSA) is 254 Å². The summed E-state index contributed by atoms with van der Waals surface area (Å²) in [5.41, 5.74) is 6.03. The number of nitrogens with zero attached hydrogens (tertiary/aromatic N) is 7. The van der Waals surface area contributed by atoms with Crippen molar-refractivity contribution in [2.24, 2.45) is 33.9 Å². The van der Waals surface area contributed by atoms with Crippen LogP contribution in [0.1, 0.15) is 48.5 Å². The minimum atomic E-state index is -0.597. The number of aryl methyl sites for hydroxylation is 4. The average Bonchev–Trinajstić information content (AvgIpc) is 3.73. The summed E-state index contributed by atoms with van der Waals surface area (Å²) in [6.07, 6.45) is 3.18. The summed E-state index contributed by atoms with van der Waals surface area (Å²) in [6, 6.07) is 4.19. The fraction of sp³-hybridized carbons (Fsp3) is 0.222. The fourth-order valence-electron chi connectivity index (χ4n) is 4.21. The highest BCUT2D eigenvalue weighted by molar-refractivity contribution is 9.12. The molecule has 8 N–H and O–H groups in total. The van der Waals surface area contributed by atoms with Crippen LogP contribution in [0.4, 0.5) is 23.1 Å². The molecule has 20 heteroatoms. The van der Waals surface area contributed by atoms with Crippen molar-refractivity contribution in [2.45, 2.75) is 6.42 Å². The fourth-order valence-corrected chi connectivity index (χ4v) is 4.31. The van der Waals surface area contributed by atoms with Gasteiger partial charge in [-0.3, -0.25) is 38.7 Å². The number of hydrogen-bond acceptors (Lipinski definition) is 9. The van der Waals surface area contributed by atoms with Crippen molar-refractivity contribution >= 4 is 74.4 Å². The SMILES string of the molecule is C=C(Br)C(=O)Nc1cn(C)c(C(=O)Nc2cc(C(=O)Nc3cc(C(=O)Nc4cc(C(=O)NCCC(=N)N)n(C)n4)n(C)n3)n(C)c2)n1. The predicted octanol–water partition coefficient (Wildman–Crippen LogP) is 0.885. The number of anilines is 4. The van der Waals surface area contributed by atoms with Gasteiger partial charge in [-0.15, -0.1) is 0 Å². The molecule has 19 nitrogen and oxygen atoms in total. The normalized spacial score (nSPS) is 10.7. The van der Waals surface area contributed by atoms with Gasteiger partial charge in [-0.25, -0.2) is 4.98 Å². The van der Waals surface area contributed by atoms with Crippen LogP contribution in [0.3, 0.4) is 0 Å². The number of nitrogens with one attached hydrogen (secondary N) is 6. The van der Waals surface area contributed by atoms with E-state index in [1.54, 1.807) is 14.1 Å². The van der Waals surface area contributed by atoms with Crippen LogP contribution in [0.15, 0.2) is 41.7 Å². The minimum Gasteiger partial charge on any atom is -0.388 e. The zero-order valence-electron chi connectivity index (χ0n) is 25.6. The van der Waals surface area contributed by atoms with Gasteiger partial charge in [0.25, 0.3) is 29.5 Å². The van der Waals surface area contributed by atoms with E-state index in [2.05, 4.69) is 64.3 Å². The molecule has 0 bridgehead atoms. The molecule has 0 saturated carbocycles. The Kier molecular flexibility index (Phi) is 10.0. The Morgan fingerprint density at radius 3 is 1.94 bits per heavy atom. The molecule has 4 heterocycles. The quantitative estimate of drug-likeness (QED) is 0.0625. The van der Waals surface area contributed by atoms with Crippen LogP contribution < -0.4 is 32.3 Å². The third-order valence-corrected chi connectivity index (χ3v) is 6.81. The van der Waals surface area contributed by atoms with Crippen molar-refractivity contribution in [3.63, 3.8) is 0 Å². The molecule has 5 amide bonds. The molecule has 246 valence electrons. The first-order valence-electron chi connectivity index (χ1n) is 13.6. The van der Waals surface area contributed by atoms with E-state index in [-0.39, 0.29) is 63.6 Å². The summed E-state index contributed by atoms with van der Waals surface area (Å²) in [6.45, 7) is 3.65. The third kappa shape index (κ3) is 8.16. The van der Waals surface area contributed by atoms with E-state index in [9.17, 15) is 24.0 Å². The van der Waals surface area contributed by atoms with Crippen molar-refractivity contribution < 1.29 is 24.0 Å². The Morgan fingerprint density at radius 2 is 1.36 bits per heavy atom. The van der Waals surface area contributed by atoms with Crippen molar-refractivity contribution in [1.82, 2.24) is 39.0 Å². The number of amides is 5. The second kappa shape index (κ2) is 13.9. The largest absolute Gasteiger partial charge is 0.388 e. The number of halogens is 1. The Morgan fingerprint density at radius 1 is 0.787 bits per heavy atom. The number of hydrogen-bond donors (Lipinski definition) is 7. The maximum atomic E-state index is 13.1. The number of imidazole rings is 1. The molecule has 0 aliphatic carbocycles. The van der Waals surface area contributed by atoms with Gasteiger partial charge < -0.3 is 41.5 Å². The van der Waals surface area contributed by atoms with Crippen molar-refractivity contribution in [3.8, 4) is 0 Å². The summed E-state index contributed by atoms with van der Waals surface area (Å²) in [5, 5.41) is 28.6. The van der Waals surface area contributed by atoms with Crippen LogP contribution >= 0.6 is 15.9 Å². The molecule has 0 radical (unpaired) electrons. The van der Waals surface area contributed by atoms with Gasteiger partial charge in [-0.1, -0.05) is 6.58 Å². The highest BCUT2D eigenvalue weighted by Gasteiger charge is 2.21. The average molecular weight is 712 g/mol. The van der Waals surface area contributed by atoms with Gasteiger partial charge in [-0.05, 0) is 22.0 Å². The number of carbonyl (C=O) groups is 5. The van der Waals surface area contributed by atoms with Gasteiger partial charge in [0, 0.05) is 65.7 Å². The Bertz CT molecular complexity index is 1930. The summed E-state index contributed by atoms with van der Waals surface area (Å²) >= 11 is 2.98. The number of amidine groups is 1. The number of nitrogens with two attached hydrogens (primary N) is 1. The monoisotopic (exact) mass is 710 g/mol. The van der Waals surface area contributed by atoms with E-state index >= 15 is 0 Å². The number of rotatable bonds is 12. The van der Waals surface area contributed by atoms with Gasteiger partial charge in [0.15, 0.2) is 17.5 Å². The first kappa shape index (κ1) is 33.8. The smallest absolute Gasteiger partial charge is 0.291 e. The van der Waals surface area contributed by atoms with Crippen molar-refractivity contribution in [3.05, 3.63) is 64.6 Å². The van der Waals surface area contributed by atoms with Gasteiger partial charge in [0.1, 0.15) is 17.1 Å². The number of aromatic nitrogens is 7. The molecule has 0 aromatic carbocycles. The van der Waals surface area contributed by atoms with Gasteiger partial charge >= 0.3 is 0 Å². The summed E-state index contributed by atoms with van der Waals surface area (Å²) in [4.78, 5) is 67.3. The predicted molar refractivity (Wildman–Crippen MR) is 174 cm³/mol. The number of carbonyl (C=O) groups excluding carboxylic acids is 5. The maximum Gasteiger partial charge on any atom is 0.291 e. The Hall–Kier alpha value is -6.05. The Labute approximate surface area is 275 Å². The lowest BCUT2D eigenvalue weighted by atomic mass is 10.3. The molecular formula is C27H31BrN14O5. The lowest BCUT2D eigenvalue weighted by Crippen LogP contribution is -2.29. The molecule has 0 unspecified atom stereocenters. The second-order valence-corrected chi connectivity index (χ2v) is 11.1. The molecule has 0 aliphatic rings. The zero-order valence-corrected chi connectivity index (χ0v) is 27.2. The summed E-state index contributed by atoms with van der Waals surface area (Å²) < 4.78 is 5.56. The maximum absolute atomic E-state index is 13.1.